The first kappa shape index (κ1) is 10.7. The summed E-state index contributed by atoms with van der Waals surface area (Å²) >= 11 is 0. The van der Waals surface area contributed by atoms with Gasteiger partial charge in [-0.2, -0.15) is 0 Å². The molecule has 4 heteroatoms. The Bertz CT molecular complexity index is 517. The molecular formula is C12H14N2O2. The molecule has 2 rings (SSSR count). The van der Waals surface area contributed by atoms with Crippen LogP contribution in [0.1, 0.15) is 5.56 Å². The van der Waals surface area contributed by atoms with E-state index in [0.29, 0.717) is 6.42 Å². The summed E-state index contributed by atoms with van der Waals surface area (Å²) in [5.74, 6) is 0.797. The number of aromatic amines is 1. The molecule has 0 spiro atoms. The van der Waals surface area contributed by atoms with Gasteiger partial charge in [-0.05, 0) is 17.7 Å². The van der Waals surface area contributed by atoms with Crippen LogP contribution in [-0.4, -0.2) is 24.4 Å². The molecule has 3 N–H and O–H groups in total. The molecule has 4 nitrogen and oxygen atoms in total. The number of nitrogens with two attached hydrogens (primary N) is 1. The molecule has 0 fully saturated rings. The second-order valence-electron chi connectivity index (χ2n) is 3.62. The zero-order valence-electron chi connectivity index (χ0n) is 9.12. The van der Waals surface area contributed by atoms with Gasteiger partial charge in [0.05, 0.1) is 13.7 Å². The van der Waals surface area contributed by atoms with E-state index in [4.69, 9.17) is 10.5 Å². The van der Waals surface area contributed by atoms with Gasteiger partial charge in [0.15, 0.2) is 5.78 Å². The molecule has 0 aliphatic heterocycles. The van der Waals surface area contributed by atoms with E-state index in [1.165, 1.54) is 0 Å². The lowest BCUT2D eigenvalue weighted by Crippen LogP contribution is -2.15. The average molecular weight is 218 g/mol. The molecule has 84 valence electrons. The Morgan fingerprint density at radius 1 is 1.50 bits per heavy atom. The lowest BCUT2D eigenvalue weighted by atomic mass is 10.1. The quantitative estimate of drug-likeness (QED) is 0.811. The fourth-order valence-electron chi connectivity index (χ4n) is 1.81. The van der Waals surface area contributed by atoms with E-state index in [1.54, 1.807) is 7.11 Å². The number of H-pyrrole nitrogens is 1. The number of methoxy groups -OCH3 is 1. The normalized spacial score (nSPS) is 10.6. The van der Waals surface area contributed by atoms with Gasteiger partial charge in [-0.25, -0.2) is 0 Å². The monoisotopic (exact) mass is 218 g/mol. The maximum atomic E-state index is 11.3. The lowest BCUT2D eigenvalue weighted by molar-refractivity contribution is -0.117. The summed E-state index contributed by atoms with van der Waals surface area (Å²) in [6, 6.07) is 5.74. The summed E-state index contributed by atoms with van der Waals surface area (Å²) in [6.45, 7) is 0.0713. The van der Waals surface area contributed by atoms with Crippen molar-refractivity contribution in [2.45, 2.75) is 6.42 Å². The number of aromatic nitrogens is 1. The third kappa shape index (κ3) is 1.79. The highest BCUT2D eigenvalue weighted by Crippen LogP contribution is 2.28. The predicted molar refractivity (Wildman–Crippen MR) is 62.6 cm³/mol. The van der Waals surface area contributed by atoms with Crippen LogP contribution in [0.15, 0.2) is 24.4 Å². The fourth-order valence-corrected chi connectivity index (χ4v) is 1.81. The number of carbonyl (C=O) groups excluding carboxylic acids is 1. The first-order valence-corrected chi connectivity index (χ1v) is 5.11. The molecule has 0 saturated carbocycles. The molecule has 0 atom stereocenters. The van der Waals surface area contributed by atoms with Crippen molar-refractivity contribution in [1.82, 2.24) is 4.98 Å². The zero-order chi connectivity index (χ0) is 11.5. The number of Topliss-reactive ketones (excluding diaryl/α,β-unsaturated/α-hetero) is 1. The van der Waals surface area contributed by atoms with Gasteiger partial charge in [-0.15, -0.1) is 0 Å². The second-order valence-corrected chi connectivity index (χ2v) is 3.62. The van der Waals surface area contributed by atoms with E-state index in [9.17, 15) is 4.79 Å². The number of hydrogen-bond donors (Lipinski definition) is 2. The standard InChI is InChI=1S/C12H14N2O2/c1-16-11-4-2-3-10-12(11)8(7-14-10)5-9(15)6-13/h2-4,7,14H,5-6,13H2,1H3. The van der Waals surface area contributed by atoms with Crippen molar-refractivity contribution >= 4 is 16.7 Å². The minimum atomic E-state index is 0.0202. The number of benzene rings is 1. The Balaban J connectivity index is 2.49. The maximum Gasteiger partial charge on any atom is 0.150 e. The number of nitrogens with one attached hydrogen (secondary N) is 1. The minimum absolute atomic E-state index is 0.0202. The van der Waals surface area contributed by atoms with Crippen LogP contribution < -0.4 is 10.5 Å². The van der Waals surface area contributed by atoms with Crippen LogP contribution in [0.3, 0.4) is 0 Å². The van der Waals surface area contributed by atoms with Crippen molar-refractivity contribution in [2.75, 3.05) is 13.7 Å². The summed E-state index contributed by atoms with van der Waals surface area (Å²) in [5.41, 5.74) is 7.22. The molecule has 0 saturated heterocycles. The minimum Gasteiger partial charge on any atom is -0.496 e. The van der Waals surface area contributed by atoms with Crippen molar-refractivity contribution in [2.24, 2.45) is 5.73 Å². The van der Waals surface area contributed by atoms with Crippen molar-refractivity contribution in [3.63, 3.8) is 0 Å². The smallest absolute Gasteiger partial charge is 0.150 e. The molecule has 0 aliphatic rings. The largest absolute Gasteiger partial charge is 0.496 e. The van der Waals surface area contributed by atoms with Crippen LogP contribution in [-0.2, 0) is 11.2 Å². The summed E-state index contributed by atoms with van der Waals surface area (Å²) in [4.78, 5) is 14.5. The number of hydrogen-bond acceptors (Lipinski definition) is 3. The number of ether oxygens (including phenoxy) is 1. The van der Waals surface area contributed by atoms with Gasteiger partial charge in [0.25, 0.3) is 0 Å². The van der Waals surface area contributed by atoms with Crippen LogP contribution in [0, 0.1) is 0 Å². The molecule has 0 aliphatic carbocycles. The van der Waals surface area contributed by atoms with Crippen molar-refractivity contribution in [1.29, 1.82) is 0 Å². The first-order chi connectivity index (χ1) is 7.76. The number of carbonyl (C=O) groups is 1. The third-order valence-electron chi connectivity index (χ3n) is 2.58. The van der Waals surface area contributed by atoms with Gasteiger partial charge in [0, 0.05) is 23.5 Å². The Morgan fingerprint density at radius 3 is 3.00 bits per heavy atom. The van der Waals surface area contributed by atoms with Crippen molar-refractivity contribution in [3.8, 4) is 5.75 Å². The second kappa shape index (κ2) is 4.37. The molecule has 0 amide bonds. The lowest BCUT2D eigenvalue weighted by Gasteiger charge is -2.03. The van der Waals surface area contributed by atoms with Crippen LogP contribution in [0.25, 0.3) is 10.9 Å². The molecule has 0 bridgehead atoms. The van der Waals surface area contributed by atoms with E-state index in [1.807, 2.05) is 24.4 Å². The van der Waals surface area contributed by atoms with E-state index < -0.39 is 0 Å². The third-order valence-corrected chi connectivity index (χ3v) is 2.58. The molecule has 0 unspecified atom stereocenters. The van der Waals surface area contributed by atoms with Gasteiger partial charge in [0.2, 0.25) is 0 Å². The topological polar surface area (TPSA) is 68.1 Å². The highest BCUT2D eigenvalue weighted by Gasteiger charge is 2.11. The van der Waals surface area contributed by atoms with E-state index in [2.05, 4.69) is 4.98 Å². The van der Waals surface area contributed by atoms with Gasteiger partial charge in [-0.1, -0.05) is 6.07 Å². The van der Waals surface area contributed by atoms with Crippen molar-refractivity contribution < 1.29 is 9.53 Å². The zero-order valence-corrected chi connectivity index (χ0v) is 9.12. The Morgan fingerprint density at radius 2 is 2.31 bits per heavy atom. The van der Waals surface area contributed by atoms with Gasteiger partial charge >= 0.3 is 0 Å². The molecule has 1 aromatic heterocycles. The molecule has 1 heterocycles. The SMILES string of the molecule is COc1cccc2[nH]cc(CC(=O)CN)c12. The van der Waals surface area contributed by atoms with E-state index in [-0.39, 0.29) is 12.3 Å². The van der Waals surface area contributed by atoms with Crippen molar-refractivity contribution in [3.05, 3.63) is 30.0 Å². The number of ketones is 1. The summed E-state index contributed by atoms with van der Waals surface area (Å²) < 4.78 is 5.28. The van der Waals surface area contributed by atoms with Gasteiger partial charge in [0.1, 0.15) is 5.75 Å². The Kier molecular flexibility index (Phi) is 2.92. The highest BCUT2D eigenvalue weighted by molar-refractivity contribution is 5.94. The Hall–Kier alpha value is -1.81. The predicted octanol–water partition coefficient (Wildman–Crippen LogP) is 1.25. The molecule has 1 aromatic carbocycles. The molecule has 0 radical (unpaired) electrons. The number of fused-ring (bicyclic) bond motifs is 1. The van der Waals surface area contributed by atoms with Crippen LogP contribution in [0.2, 0.25) is 0 Å². The average Bonchev–Trinajstić information content (AvgIpc) is 2.72. The fraction of sp³-hybridized carbons (Fsp3) is 0.250. The van der Waals surface area contributed by atoms with Gasteiger partial charge in [-0.3, -0.25) is 4.79 Å². The van der Waals surface area contributed by atoms with Crippen LogP contribution in [0.5, 0.6) is 5.75 Å². The summed E-state index contributed by atoms with van der Waals surface area (Å²) in [7, 11) is 1.62. The van der Waals surface area contributed by atoms with E-state index >= 15 is 0 Å². The van der Waals surface area contributed by atoms with Crippen LogP contribution >= 0.6 is 0 Å². The molecular weight excluding hydrogens is 204 g/mol. The number of rotatable bonds is 4. The Labute approximate surface area is 93.4 Å². The first-order valence-electron chi connectivity index (χ1n) is 5.11. The summed E-state index contributed by atoms with van der Waals surface area (Å²) in [5, 5.41) is 0.965. The maximum absolute atomic E-state index is 11.3. The molecule has 16 heavy (non-hydrogen) atoms. The van der Waals surface area contributed by atoms with Gasteiger partial charge < -0.3 is 15.5 Å². The molecule has 2 aromatic rings. The van der Waals surface area contributed by atoms with E-state index in [0.717, 1.165) is 22.2 Å². The summed E-state index contributed by atoms with van der Waals surface area (Å²) in [6.07, 6.45) is 2.18. The highest BCUT2D eigenvalue weighted by atomic mass is 16.5. The van der Waals surface area contributed by atoms with Crippen LogP contribution in [0.4, 0.5) is 0 Å².